The number of rotatable bonds is 5. The quantitative estimate of drug-likeness (QED) is 0.803. The van der Waals surface area contributed by atoms with E-state index in [9.17, 15) is 4.39 Å². The van der Waals surface area contributed by atoms with Crippen molar-refractivity contribution >= 4 is 12.6 Å². The summed E-state index contributed by atoms with van der Waals surface area (Å²) in [6.07, 6.45) is 0. The van der Waals surface area contributed by atoms with Crippen LogP contribution in [0.25, 0.3) is 0 Å². The average molecular weight is 276 g/mol. The maximum atomic E-state index is 13.5. The van der Waals surface area contributed by atoms with Gasteiger partial charge in [0.15, 0.2) is 0 Å². The van der Waals surface area contributed by atoms with Gasteiger partial charge < -0.3 is 19.5 Å². The Morgan fingerprint density at radius 3 is 2.55 bits per heavy atom. The van der Waals surface area contributed by atoms with Gasteiger partial charge in [-0.05, 0) is 12.1 Å². The van der Waals surface area contributed by atoms with Crippen LogP contribution in [0.15, 0.2) is 42.5 Å². The van der Waals surface area contributed by atoms with Crippen LogP contribution in [0, 0.1) is 5.82 Å². The molecule has 0 atom stereocenters. The van der Waals surface area contributed by atoms with Crippen molar-refractivity contribution in [3.63, 3.8) is 0 Å². The van der Waals surface area contributed by atoms with E-state index in [4.69, 9.17) is 19.5 Å². The lowest BCUT2D eigenvalue weighted by molar-refractivity contribution is 0.295. The minimum absolute atomic E-state index is 0.186. The van der Waals surface area contributed by atoms with Gasteiger partial charge in [-0.25, -0.2) is 4.39 Å². The Labute approximate surface area is 116 Å². The van der Waals surface area contributed by atoms with Gasteiger partial charge in [-0.1, -0.05) is 24.3 Å². The van der Waals surface area contributed by atoms with Gasteiger partial charge in [0.25, 0.3) is 0 Å². The molecule has 20 heavy (non-hydrogen) atoms. The normalized spacial score (nSPS) is 10.2. The Morgan fingerprint density at radius 1 is 1.15 bits per heavy atom. The Morgan fingerprint density at radius 2 is 1.90 bits per heavy atom. The molecule has 0 radical (unpaired) electrons. The predicted octanol–water partition coefficient (Wildman–Crippen LogP) is 1.09. The fourth-order valence-corrected chi connectivity index (χ4v) is 1.79. The van der Waals surface area contributed by atoms with Crippen molar-refractivity contribution in [1.82, 2.24) is 0 Å². The molecule has 4 nitrogen and oxygen atoms in total. The number of ether oxygens (including phenoxy) is 2. The van der Waals surface area contributed by atoms with Crippen LogP contribution in [0.1, 0.15) is 5.56 Å². The van der Waals surface area contributed by atoms with Crippen LogP contribution in [0.2, 0.25) is 0 Å². The van der Waals surface area contributed by atoms with E-state index in [2.05, 4.69) is 0 Å². The molecule has 0 aromatic heterocycles. The van der Waals surface area contributed by atoms with E-state index in [0.29, 0.717) is 11.5 Å². The highest BCUT2D eigenvalue weighted by Gasteiger charge is 2.16. The minimum Gasteiger partial charge on any atom is -0.496 e. The molecule has 0 aliphatic carbocycles. The topological polar surface area (TPSA) is 58.9 Å². The van der Waals surface area contributed by atoms with Crippen molar-refractivity contribution in [3.8, 4) is 11.5 Å². The SMILES string of the molecule is COc1ccccc1COc1ccc(B(O)O)c(F)c1. The van der Waals surface area contributed by atoms with Crippen LogP contribution in [-0.4, -0.2) is 24.3 Å². The fraction of sp³-hybridized carbons (Fsp3) is 0.143. The Hall–Kier alpha value is -2.05. The van der Waals surface area contributed by atoms with Crippen molar-refractivity contribution in [2.45, 2.75) is 6.61 Å². The molecule has 0 heterocycles. The van der Waals surface area contributed by atoms with E-state index in [1.54, 1.807) is 7.11 Å². The molecule has 0 aliphatic rings. The minimum atomic E-state index is -1.83. The molecule has 2 N–H and O–H groups in total. The smallest absolute Gasteiger partial charge is 0.491 e. The third-order valence-corrected chi connectivity index (χ3v) is 2.84. The third kappa shape index (κ3) is 3.29. The summed E-state index contributed by atoms with van der Waals surface area (Å²) < 4.78 is 24.2. The largest absolute Gasteiger partial charge is 0.496 e. The lowest BCUT2D eigenvalue weighted by Gasteiger charge is -2.11. The second-order valence-electron chi connectivity index (χ2n) is 4.16. The van der Waals surface area contributed by atoms with E-state index in [-0.39, 0.29) is 12.1 Å². The van der Waals surface area contributed by atoms with Gasteiger partial charge in [0.05, 0.1) is 7.11 Å². The zero-order chi connectivity index (χ0) is 14.5. The van der Waals surface area contributed by atoms with Gasteiger partial charge >= 0.3 is 7.12 Å². The van der Waals surface area contributed by atoms with Crippen molar-refractivity contribution in [1.29, 1.82) is 0 Å². The fourth-order valence-electron chi connectivity index (χ4n) is 1.79. The molecule has 6 heteroatoms. The van der Waals surface area contributed by atoms with E-state index in [0.717, 1.165) is 11.6 Å². The standard InChI is InChI=1S/C14H14BFO4/c1-19-14-5-3-2-4-10(14)9-20-11-6-7-12(15(17)18)13(16)8-11/h2-8,17-18H,9H2,1H3. The zero-order valence-corrected chi connectivity index (χ0v) is 10.9. The molecule has 104 valence electrons. The van der Waals surface area contributed by atoms with Crippen LogP contribution in [-0.2, 0) is 6.61 Å². The molecule has 2 aromatic rings. The molecule has 2 aromatic carbocycles. The first-order valence-electron chi connectivity index (χ1n) is 6.02. The van der Waals surface area contributed by atoms with Gasteiger partial charge in [-0.15, -0.1) is 0 Å². The van der Waals surface area contributed by atoms with Crippen LogP contribution < -0.4 is 14.9 Å². The highest BCUT2D eigenvalue weighted by molar-refractivity contribution is 6.58. The lowest BCUT2D eigenvalue weighted by Crippen LogP contribution is -2.32. The molecule has 0 unspecified atom stereocenters. The maximum Gasteiger partial charge on any atom is 0.491 e. The highest BCUT2D eigenvalue weighted by Crippen LogP contribution is 2.20. The van der Waals surface area contributed by atoms with Gasteiger partial charge in [0, 0.05) is 17.1 Å². The van der Waals surface area contributed by atoms with Crippen molar-refractivity contribution in [2.24, 2.45) is 0 Å². The molecule has 0 bridgehead atoms. The summed E-state index contributed by atoms with van der Waals surface area (Å²) in [7, 11) is -0.270. The average Bonchev–Trinajstić information content (AvgIpc) is 2.45. The number of hydrogen-bond donors (Lipinski definition) is 2. The van der Waals surface area contributed by atoms with Crippen molar-refractivity contribution in [2.75, 3.05) is 7.11 Å². The number of para-hydroxylation sites is 1. The van der Waals surface area contributed by atoms with Crippen LogP contribution in [0.3, 0.4) is 0 Å². The Balaban J connectivity index is 2.09. The third-order valence-electron chi connectivity index (χ3n) is 2.84. The second kappa shape index (κ2) is 6.41. The number of hydrogen-bond acceptors (Lipinski definition) is 4. The summed E-state index contributed by atoms with van der Waals surface area (Å²) in [5.41, 5.74) is 0.649. The monoisotopic (exact) mass is 276 g/mol. The molecule has 0 spiro atoms. The Bertz CT molecular complexity index is 589. The van der Waals surface area contributed by atoms with Gasteiger partial charge in [-0.3, -0.25) is 0 Å². The van der Waals surface area contributed by atoms with Gasteiger partial charge in [-0.2, -0.15) is 0 Å². The van der Waals surface area contributed by atoms with E-state index in [1.165, 1.54) is 12.1 Å². The second-order valence-corrected chi connectivity index (χ2v) is 4.16. The molecule has 0 saturated carbocycles. The summed E-state index contributed by atoms with van der Waals surface area (Å²) in [6, 6.07) is 11.2. The number of methoxy groups -OCH3 is 1. The number of benzene rings is 2. The van der Waals surface area contributed by atoms with Crippen LogP contribution in [0.4, 0.5) is 4.39 Å². The molecule has 0 amide bonds. The molecule has 0 fully saturated rings. The lowest BCUT2D eigenvalue weighted by atomic mass is 9.80. The molecule has 2 rings (SSSR count). The predicted molar refractivity (Wildman–Crippen MR) is 73.6 cm³/mol. The summed E-state index contributed by atoms with van der Waals surface area (Å²) in [6.45, 7) is 0.227. The van der Waals surface area contributed by atoms with E-state index >= 15 is 0 Å². The summed E-state index contributed by atoms with van der Waals surface area (Å²) in [5, 5.41) is 17.9. The zero-order valence-electron chi connectivity index (χ0n) is 10.9. The first kappa shape index (κ1) is 14.4. The van der Waals surface area contributed by atoms with Crippen molar-refractivity contribution < 1.29 is 23.9 Å². The first-order chi connectivity index (χ1) is 9.61. The molecular weight excluding hydrogens is 262 g/mol. The molecule has 0 aliphatic heterocycles. The summed E-state index contributed by atoms with van der Waals surface area (Å²) in [4.78, 5) is 0. The summed E-state index contributed by atoms with van der Waals surface area (Å²) in [5.74, 6) is 0.269. The first-order valence-corrected chi connectivity index (χ1v) is 6.02. The number of halogens is 1. The maximum absolute atomic E-state index is 13.5. The van der Waals surface area contributed by atoms with Crippen LogP contribution in [0.5, 0.6) is 11.5 Å². The van der Waals surface area contributed by atoms with Crippen molar-refractivity contribution in [3.05, 3.63) is 53.8 Å². The van der Waals surface area contributed by atoms with E-state index in [1.807, 2.05) is 24.3 Å². The van der Waals surface area contributed by atoms with E-state index < -0.39 is 12.9 Å². The van der Waals surface area contributed by atoms with Gasteiger partial charge in [0.2, 0.25) is 0 Å². The van der Waals surface area contributed by atoms with Crippen LogP contribution >= 0.6 is 0 Å². The Kier molecular flexibility index (Phi) is 4.60. The molecular formula is C14H14BFO4. The highest BCUT2D eigenvalue weighted by atomic mass is 19.1. The summed E-state index contributed by atoms with van der Waals surface area (Å²) >= 11 is 0. The van der Waals surface area contributed by atoms with Gasteiger partial charge in [0.1, 0.15) is 23.9 Å². The molecule has 0 saturated heterocycles.